The maximum Gasteiger partial charge on any atom is 0.263 e. The molecule has 2 rings (SSSR count). The van der Waals surface area contributed by atoms with Gasteiger partial charge in [0.2, 0.25) is 6.41 Å². The van der Waals surface area contributed by atoms with Gasteiger partial charge in [-0.2, -0.15) is 0 Å². The van der Waals surface area contributed by atoms with Gasteiger partial charge < -0.3 is 19.3 Å². The van der Waals surface area contributed by atoms with Crippen LogP contribution in [0.3, 0.4) is 0 Å². The summed E-state index contributed by atoms with van der Waals surface area (Å²) in [5, 5.41) is 0. The predicted octanol–water partition coefficient (Wildman–Crippen LogP) is 1.15. The summed E-state index contributed by atoms with van der Waals surface area (Å²) >= 11 is 0. The lowest BCUT2D eigenvalue weighted by atomic mass is 10.2. The number of methoxy groups -OCH3 is 1. The van der Waals surface area contributed by atoms with E-state index in [-0.39, 0.29) is 5.91 Å². The maximum absolute atomic E-state index is 12.5. The van der Waals surface area contributed by atoms with Crippen LogP contribution in [0.25, 0.3) is 0 Å². The largest absolute Gasteiger partial charge is 0.497 e. The first-order chi connectivity index (χ1) is 10.7. The molecule has 0 saturated carbocycles. The van der Waals surface area contributed by atoms with Gasteiger partial charge in [-0.1, -0.05) is 13.0 Å². The van der Waals surface area contributed by atoms with Gasteiger partial charge in [-0.05, 0) is 18.6 Å². The third-order valence-electron chi connectivity index (χ3n) is 3.74. The van der Waals surface area contributed by atoms with Gasteiger partial charge in [0, 0.05) is 32.2 Å². The van der Waals surface area contributed by atoms with Gasteiger partial charge in [0.25, 0.3) is 5.91 Å². The molecular formula is C16H22N2O4. The molecule has 1 aliphatic rings. The van der Waals surface area contributed by atoms with Gasteiger partial charge in [-0.15, -0.1) is 0 Å². The van der Waals surface area contributed by atoms with Crippen molar-refractivity contribution in [3.63, 3.8) is 0 Å². The van der Waals surface area contributed by atoms with Crippen molar-refractivity contribution in [2.45, 2.75) is 19.4 Å². The van der Waals surface area contributed by atoms with Crippen molar-refractivity contribution in [1.82, 2.24) is 9.80 Å². The third-order valence-corrected chi connectivity index (χ3v) is 3.74. The Hall–Kier alpha value is -2.24. The molecular weight excluding hydrogens is 284 g/mol. The summed E-state index contributed by atoms with van der Waals surface area (Å²) in [6.45, 7) is 4.17. The highest BCUT2D eigenvalue weighted by atomic mass is 16.5. The lowest BCUT2D eigenvalue weighted by Crippen LogP contribution is -2.51. The number of amides is 2. The molecule has 1 unspecified atom stereocenters. The first-order valence-electron chi connectivity index (χ1n) is 7.46. The number of ether oxygens (including phenoxy) is 2. The second-order valence-electron chi connectivity index (χ2n) is 5.16. The molecule has 1 atom stereocenters. The minimum atomic E-state index is -0.519. The van der Waals surface area contributed by atoms with Crippen LogP contribution in [-0.4, -0.2) is 61.5 Å². The van der Waals surface area contributed by atoms with E-state index in [4.69, 9.17) is 9.47 Å². The number of carbonyl (C=O) groups excluding carboxylic acids is 2. The fourth-order valence-corrected chi connectivity index (χ4v) is 2.40. The van der Waals surface area contributed by atoms with Crippen molar-refractivity contribution >= 4 is 12.3 Å². The molecule has 6 heteroatoms. The van der Waals surface area contributed by atoms with E-state index in [0.29, 0.717) is 44.1 Å². The van der Waals surface area contributed by atoms with E-state index in [0.717, 1.165) is 6.41 Å². The summed E-state index contributed by atoms with van der Waals surface area (Å²) in [7, 11) is 1.59. The molecule has 1 aliphatic heterocycles. The van der Waals surface area contributed by atoms with Crippen LogP contribution in [-0.2, 0) is 9.59 Å². The molecule has 1 aromatic carbocycles. The van der Waals surface area contributed by atoms with E-state index in [2.05, 4.69) is 0 Å². The van der Waals surface area contributed by atoms with Crippen molar-refractivity contribution in [3.05, 3.63) is 24.3 Å². The van der Waals surface area contributed by atoms with Crippen molar-refractivity contribution in [2.24, 2.45) is 0 Å². The standard InChI is InChI=1S/C16H22N2O4/c1-3-15(22-14-6-4-5-13(11-14)21-2)16(20)18-9-7-17(12-19)8-10-18/h4-6,11-12,15H,3,7-10H2,1-2H3. The minimum absolute atomic E-state index is 0.0316. The summed E-state index contributed by atoms with van der Waals surface area (Å²) in [4.78, 5) is 26.7. The highest BCUT2D eigenvalue weighted by Crippen LogP contribution is 2.21. The van der Waals surface area contributed by atoms with Crippen LogP contribution in [0.2, 0.25) is 0 Å². The van der Waals surface area contributed by atoms with E-state index in [1.165, 1.54) is 0 Å². The molecule has 1 aromatic rings. The van der Waals surface area contributed by atoms with Crippen molar-refractivity contribution < 1.29 is 19.1 Å². The number of benzene rings is 1. The monoisotopic (exact) mass is 306 g/mol. The normalized spacial score (nSPS) is 16.1. The summed E-state index contributed by atoms with van der Waals surface area (Å²) in [6.07, 6.45) is 0.894. The second-order valence-corrected chi connectivity index (χ2v) is 5.16. The molecule has 0 N–H and O–H groups in total. The Morgan fingerprint density at radius 3 is 2.55 bits per heavy atom. The zero-order chi connectivity index (χ0) is 15.9. The van der Waals surface area contributed by atoms with Crippen molar-refractivity contribution in [3.8, 4) is 11.5 Å². The number of nitrogens with zero attached hydrogens (tertiary/aromatic N) is 2. The van der Waals surface area contributed by atoms with Crippen LogP contribution in [0.5, 0.6) is 11.5 Å². The van der Waals surface area contributed by atoms with Crippen molar-refractivity contribution in [1.29, 1.82) is 0 Å². The first kappa shape index (κ1) is 16.1. The van der Waals surface area contributed by atoms with Crippen LogP contribution in [0.4, 0.5) is 0 Å². The number of hydrogen-bond donors (Lipinski definition) is 0. The van der Waals surface area contributed by atoms with E-state index in [9.17, 15) is 9.59 Å². The molecule has 0 bridgehead atoms. The van der Waals surface area contributed by atoms with Gasteiger partial charge in [0.15, 0.2) is 6.10 Å². The van der Waals surface area contributed by atoms with E-state index >= 15 is 0 Å². The Labute approximate surface area is 130 Å². The van der Waals surface area contributed by atoms with Crippen molar-refractivity contribution in [2.75, 3.05) is 33.3 Å². The Morgan fingerprint density at radius 1 is 1.27 bits per heavy atom. The Balaban J connectivity index is 1.98. The molecule has 1 saturated heterocycles. The SMILES string of the molecule is CCC(Oc1cccc(OC)c1)C(=O)N1CCN(C=O)CC1. The van der Waals surface area contributed by atoms with Gasteiger partial charge in [-0.3, -0.25) is 9.59 Å². The molecule has 120 valence electrons. The Morgan fingerprint density at radius 2 is 1.95 bits per heavy atom. The number of piperazine rings is 1. The Kier molecular flexibility index (Phi) is 5.63. The van der Waals surface area contributed by atoms with Gasteiger partial charge in [0.05, 0.1) is 7.11 Å². The molecule has 1 fully saturated rings. The highest BCUT2D eigenvalue weighted by molar-refractivity contribution is 5.81. The Bertz CT molecular complexity index is 513. The van der Waals surface area contributed by atoms with E-state index in [1.54, 1.807) is 23.0 Å². The lowest BCUT2D eigenvalue weighted by Gasteiger charge is -2.34. The van der Waals surface area contributed by atoms with E-state index in [1.807, 2.05) is 25.1 Å². The quantitative estimate of drug-likeness (QED) is 0.740. The zero-order valence-electron chi connectivity index (χ0n) is 13.0. The summed E-state index contributed by atoms with van der Waals surface area (Å²) in [5.74, 6) is 1.28. The molecule has 0 aliphatic carbocycles. The average Bonchev–Trinajstić information content (AvgIpc) is 2.59. The van der Waals surface area contributed by atoms with Gasteiger partial charge >= 0.3 is 0 Å². The lowest BCUT2D eigenvalue weighted by molar-refractivity contribution is -0.142. The second kappa shape index (κ2) is 7.68. The topological polar surface area (TPSA) is 59.1 Å². The molecule has 0 radical (unpaired) electrons. The zero-order valence-corrected chi connectivity index (χ0v) is 13.0. The van der Waals surface area contributed by atoms with Crippen LogP contribution in [0, 0.1) is 0 Å². The molecule has 2 amide bonds. The maximum atomic E-state index is 12.5. The number of hydrogen-bond acceptors (Lipinski definition) is 4. The van der Waals surface area contributed by atoms with Gasteiger partial charge in [-0.25, -0.2) is 0 Å². The van der Waals surface area contributed by atoms with E-state index < -0.39 is 6.10 Å². The average molecular weight is 306 g/mol. The smallest absolute Gasteiger partial charge is 0.263 e. The third kappa shape index (κ3) is 3.90. The molecule has 22 heavy (non-hydrogen) atoms. The van der Waals surface area contributed by atoms with Crippen LogP contribution >= 0.6 is 0 Å². The fraction of sp³-hybridized carbons (Fsp3) is 0.500. The van der Waals surface area contributed by atoms with Gasteiger partial charge in [0.1, 0.15) is 11.5 Å². The fourth-order valence-electron chi connectivity index (χ4n) is 2.40. The molecule has 6 nitrogen and oxygen atoms in total. The first-order valence-corrected chi connectivity index (χ1v) is 7.46. The summed E-state index contributed by atoms with van der Waals surface area (Å²) in [6, 6.07) is 7.23. The highest BCUT2D eigenvalue weighted by Gasteiger charge is 2.27. The number of rotatable bonds is 6. The van der Waals surface area contributed by atoms with Crippen LogP contribution in [0.15, 0.2) is 24.3 Å². The molecule has 0 spiro atoms. The molecule has 0 aromatic heterocycles. The minimum Gasteiger partial charge on any atom is -0.497 e. The predicted molar refractivity (Wildman–Crippen MR) is 81.9 cm³/mol. The number of carbonyl (C=O) groups is 2. The van der Waals surface area contributed by atoms with Crippen LogP contribution in [0.1, 0.15) is 13.3 Å². The summed E-state index contributed by atoms with van der Waals surface area (Å²) in [5.41, 5.74) is 0. The molecule has 1 heterocycles. The summed E-state index contributed by atoms with van der Waals surface area (Å²) < 4.78 is 11.0. The van der Waals surface area contributed by atoms with Crippen LogP contribution < -0.4 is 9.47 Å².